The van der Waals surface area contributed by atoms with Gasteiger partial charge in [0.1, 0.15) is 12.4 Å². The maximum absolute atomic E-state index is 12.2. The Kier molecular flexibility index (Phi) is 9.23. The van der Waals surface area contributed by atoms with Crippen molar-refractivity contribution in [2.24, 2.45) is 5.10 Å². The Morgan fingerprint density at radius 1 is 0.892 bits per heavy atom. The van der Waals surface area contributed by atoms with Gasteiger partial charge in [-0.15, -0.1) is 0 Å². The molecule has 1 heterocycles. The van der Waals surface area contributed by atoms with E-state index in [0.29, 0.717) is 37.7 Å². The lowest BCUT2D eigenvalue weighted by molar-refractivity contribution is -0.121. The predicted molar refractivity (Wildman–Crippen MR) is 141 cm³/mol. The van der Waals surface area contributed by atoms with E-state index in [-0.39, 0.29) is 12.7 Å². The summed E-state index contributed by atoms with van der Waals surface area (Å²) < 4.78 is 28.0. The summed E-state index contributed by atoms with van der Waals surface area (Å²) >= 11 is 0. The summed E-state index contributed by atoms with van der Waals surface area (Å²) in [4.78, 5) is 12.2. The first-order chi connectivity index (χ1) is 18.1. The number of nitrogens with zero attached hydrogens (tertiary/aromatic N) is 1. The van der Waals surface area contributed by atoms with Gasteiger partial charge in [0.15, 0.2) is 23.0 Å². The Morgan fingerprint density at radius 2 is 1.68 bits per heavy atom. The van der Waals surface area contributed by atoms with E-state index in [1.54, 1.807) is 6.21 Å². The molecule has 0 aliphatic carbocycles. The number of amides is 1. The van der Waals surface area contributed by atoms with Crippen molar-refractivity contribution < 1.29 is 28.5 Å². The maximum atomic E-state index is 12.2. The van der Waals surface area contributed by atoms with Gasteiger partial charge in [0, 0.05) is 6.42 Å². The van der Waals surface area contributed by atoms with E-state index in [0.717, 1.165) is 41.2 Å². The van der Waals surface area contributed by atoms with Crippen LogP contribution in [0.25, 0.3) is 0 Å². The summed E-state index contributed by atoms with van der Waals surface area (Å²) in [7, 11) is 0. The first-order valence-electron chi connectivity index (χ1n) is 12.5. The average Bonchev–Trinajstić information content (AvgIpc) is 3.38. The lowest BCUT2D eigenvalue weighted by Gasteiger charge is -2.13. The van der Waals surface area contributed by atoms with Crippen LogP contribution in [0.15, 0.2) is 65.8 Å². The lowest BCUT2D eigenvalue weighted by Crippen LogP contribution is -2.17. The Morgan fingerprint density at radius 3 is 2.49 bits per heavy atom. The van der Waals surface area contributed by atoms with E-state index in [1.165, 1.54) is 5.56 Å². The number of carbonyl (C=O) groups is 1. The fraction of sp³-hybridized carbons (Fsp3) is 0.310. The minimum absolute atomic E-state index is 0.129. The molecular formula is C29H32N2O6. The molecule has 1 N–H and O–H groups in total. The van der Waals surface area contributed by atoms with E-state index in [9.17, 15) is 4.79 Å². The van der Waals surface area contributed by atoms with E-state index < -0.39 is 0 Å². The molecule has 3 aromatic carbocycles. The van der Waals surface area contributed by atoms with Gasteiger partial charge >= 0.3 is 0 Å². The molecule has 8 nitrogen and oxygen atoms in total. The number of benzene rings is 3. The zero-order valence-corrected chi connectivity index (χ0v) is 21.2. The molecule has 0 radical (unpaired) electrons. The molecule has 1 aliphatic heterocycles. The zero-order valence-electron chi connectivity index (χ0n) is 21.2. The molecule has 0 fully saturated rings. The Balaban J connectivity index is 1.25. The number of hydrazone groups is 1. The number of ether oxygens (including phenoxy) is 5. The van der Waals surface area contributed by atoms with E-state index >= 15 is 0 Å². The number of fused-ring (bicyclic) bond motifs is 1. The molecule has 0 saturated carbocycles. The minimum atomic E-state index is -0.129. The number of hydrogen-bond acceptors (Lipinski definition) is 7. The van der Waals surface area contributed by atoms with Crippen LogP contribution >= 0.6 is 0 Å². The molecule has 0 unspecified atom stereocenters. The van der Waals surface area contributed by atoms with Crippen LogP contribution in [0.5, 0.6) is 28.7 Å². The van der Waals surface area contributed by atoms with Crippen LogP contribution in [0.1, 0.15) is 43.4 Å². The van der Waals surface area contributed by atoms with E-state index in [4.69, 9.17) is 23.7 Å². The van der Waals surface area contributed by atoms with Gasteiger partial charge in [-0.05, 0) is 85.8 Å². The standard InChI is InChI=1S/C29H32N2O6/c1-3-33-24-12-8-21(9-13-24)6-5-7-29(32)31-30-18-22-10-14-25(27(16-22)34-4-2)35-19-23-11-15-26-28(17-23)37-20-36-26/h8-18H,3-7,19-20H2,1-2H3,(H,31,32). The van der Waals surface area contributed by atoms with Crippen LogP contribution in [-0.4, -0.2) is 32.1 Å². The fourth-order valence-electron chi connectivity index (χ4n) is 3.79. The zero-order chi connectivity index (χ0) is 25.9. The Labute approximate surface area is 217 Å². The van der Waals surface area contributed by atoms with Crippen LogP contribution in [0.4, 0.5) is 0 Å². The minimum Gasteiger partial charge on any atom is -0.494 e. The van der Waals surface area contributed by atoms with E-state index in [1.807, 2.05) is 74.5 Å². The molecule has 1 aliphatic rings. The number of carbonyl (C=O) groups excluding carboxylic acids is 1. The highest BCUT2D eigenvalue weighted by molar-refractivity contribution is 5.83. The monoisotopic (exact) mass is 504 g/mol. The lowest BCUT2D eigenvalue weighted by atomic mass is 10.1. The molecule has 3 aromatic rings. The van der Waals surface area contributed by atoms with Crippen molar-refractivity contribution in [3.05, 3.63) is 77.4 Å². The van der Waals surface area contributed by atoms with Crippen molar-refractivity contribution in [1.29, 1.82) is 0 Å². The molecular weight excluding hydrogens is 472 g/mol. The molecule has 0 spiro atoms. The summed E-state index contributed by atoms with van der Waals surface area (Å²) in [6.45, 7) is 5.61. The summed E-state index contributed by atoms with van der Waals surface area (Å²) in [5.41, 5.74) is 5.51. The van der Waals surface area contributed by atoms with Gasteiger partial charge in [-0.25, -0.2) is 5.43 Å². The summed E-state index contributed by atoms with van der Waals surface area (Å²) in [5.74, 6) is 3.41. The topological polar surface area (TPSA) is 87.6 Å². The maximum Gasteiger partial charge on any atom is 0.240 e. The van der Waals surface area contributed by atoms with Crippen molar-refractivity contribution >= 4 is 12.1 Å². The summed E-state index contributed by atoms with van der Waals surface area (Å²) in [5, 5.41) is 4.09. The molecule has 4 rings (SSSR count). The number of rotatable bonds is 13. The molecule has 1 amide bonds. The molecule has 37 heavy (non-hydrogen) atoms. The van der Waals surface area contributed by atoms with Crippen LogP contribution < -0.4 is 29.1 Å². The first kappa shape index (κ1) is 25.9. The van der Waals surface area contributed by atoms with Crippen LogP contribution in [0, 0.1) is 0 Å². The van der Waals surface area contributed by atoms with Crippen LogP contribution in [0.2, 0.25) is 0 Å². The second-order valence-corrected chi connectivity index (χ2v) is 8.34. The second kappa shape index (κ2) is 13.2. The van der Waals surface area contributed by atoms with Crippen molar-refractivity contribution in [1.82, 2.24) is 5.43 Å². The largest absolute Gasteiger partial charge is 0.494 e. The first-order valence-corrected chi connectivity index (χ1v) is 12.5. The van der Waals surface area contributed by atoms with Crippen molar-refractivity contribution in [2.75, 3.05) is 20.0 Å². The molecule has 194 valence electrons. The Hall–Kier alpha value is -4.20. The molecule has 0 bridgehead atoms. The summed E-state index contributed by atoms with van der Waals surface area (Å²) in [6.07, 6.45) is 3.53. The smallest absolute Gasteiger partial charge is 0.240 e. The molecule has 0 atom stereocenters. The predicted octanol–water partition coefficient (Wildman–Crippen LogP) is 5.26. The van der Waals surface area contributed by atoms with Gasteiger partial charge in [-0.3, -0.25) is 4.79 Å². The van der Waals surface area contributed by atoms with Gasteiger partial charge in [0.2, 0.25) is 12.7 Å². The quantitative estimate of drug-likeness (QED) is 0.252. The molecule has 0 saturated heterocycles. The highest BCUT2D eigenvalue weighted by atomic mass is 16.7. The second-order valence-electron chi connectivity index (χ2n) is 8.34. The molecule has 0 aromatic heterocycles. The van der Waals surface area contributed by atoms with Gasteiger partial charge < -0.3 is 23.7 Å². The summed E-state index contributed by atoms with van der Waals surface area (Å²) in [6, 6.07) is 19.2. The average molecular weight is 505 g/mol. The van der Waals surface area contributed by atoms with Crippen LogP contribution in [-0.2, 0) is 17.8 Å². The SMILES string of the molecule is CCOc1ccc(CCCC(=O)NN=Cc2ccc(OCc3ccc4c(c3)OCO4)c(OCC)c2)cc1. The highest BCUT2D eigenvalue weighted by Crippen LogP contribution is 2.34. The third-order valence-corrected chi connectivity index (χ3v) is 5.61. The van der Waals surface area contributed by atoms with Gasteiger partial charge in [-0.2, -0.15) is 5.10 Å². The normalized spacial score (nSPS) is 11.9. The van der Waals surface area contributed by atoms with Crippen molar-refractivity contribution in [3.8, 4) is 28.7 Å². The third-order valence-electron chi connectivity index (χ3n) is 5.61. The Bertz CT molecular complexity index is 1210. The highest BCUT2D eigenvalue weighted by Gasteiger charge is 2.14. The van der Waals surface area contributed by atoms with Crippen molar-refractivity contribution in [2.45, 2.75) is 39.7 Å². The van der Waals surface area contributed by atoms with Gasteiger partial charge in [0.05, 0.1) is 19.4 Å². The number of hydrogen-bond donors (Lipinski definition) is 1. The van der Waals surface area contributed by atoms with Gasteiger partial charge in [0.25, 0.3) is 0 Å². The van der Waals surface area contributed by atoms with Gasteiger partial charge in [-0.1, -0.05) is 18.2 Å². The number of aryl methyl sites for hydroxylation is 1. The third kappa shape index (κ3) is 7.64. The molecule has 8 heteroatoms. The van der Waals surface area contributed by atoms with Crippen molar-refractivity contribution in [3.63, 3.8) is 0 Å². The van der Waals surface area contributed by atoms with Crippen LogP contribution in [0.3, 0.4) is 0 Å². The van der Waals surface area contributed by atoms with E-state index in [2.05, 4.69) is 10.5 Å². The fourth-order valence-corrected chi connectivity index (χ4v) is 3.79. The number of nitrogens with one attached hydrogen (secondary N) is 1.